The van der Waals surface area contributed by atoms with Crippen molar-refractivity contribution in [2.75, 3.05) is 0 Å². The number of imidazole rings is 1. The Hall–Kier alpha value is -2.64. The lowest BCUT2D eigenvalue weighted by molar-refractivity contribution is 0.555. The van der Waals surface area contributed by atoms with Crippen LogP contribution in [0.25, 0.3) is 22.7 Å². The molecule has 3 heterocycles. The minimum absolute atomic E-state index is 0.296. The first-order valence-electron chi connectivity index (χ1n) is 8.22. The van der Waals surface area contributed by atoms with Gasteiger partial charge in [0.2, 0.25) is 0 Å². The Morgan fingerprint density at radius 1 is 1.12 bits per heavy atom. The normalized spacial score (nSPS) is 11.5. The predicted octanol–water partition coefficient (Wildman–Crippen LogP) is 1.42. The van der Waals surface area contributed by atoms with E-state index in [1.807, 2.05) is 33.9 Å². The summed E-state index contributed by atoms with van der Waals surface area (Å²) in [5, 5.41) is 4.31. The van der Waals surface area contributed by atoms with Gasteiger partial charge in [-0.15, -0.1) is 0 Å². The van der Waals surface area contributed by atoms with E-state index in [-0.39, 0.29) is 11.2 Å². The number of H-pyrrole nitrogens is 1. The zero-order valence-electron chi connectivity index (χ0n) is 14.5. The number of nitrogens with one attached hydrogen (secondary N) is 1. The maximum absolute atomic E-state index is 12.7. The highest BCUT2D eigenvalue weighted by molar-refractivity contribution is 5.74. The summed E-state index contributed by atoms with van der Waals surface area (Å²) in [5.41, 5.74) is 1.80. The minimum Gasteiger partial charge on any atom is -0.331 e. The molecule has 8 heteroatoms. The van der Waals surface area contributed by atoms with Crippen molar-refractivity contribution in [2.24, 2.45) is 7.05 Å². The first-order valence-corrected chi connectivity index (χ1v) is 8.22. The highest BCUT2D eigenvalue weighted by Crippen LogP contribution is 2.18. The Balaban J connectivity index is 2.33. The van der Waals surface area contributed by atoms with Crippen LogP contribution in [0.1, 0.15) is 32.4 Å². The Morgan fingerprint density at radius 2 is 1.79 bits per heavy atom. The van der Waals surface area contributed by atoms with E-state index in [0.717, 1.165) is 17.8 Å². The SMILES string of the molecule is CCCn1c(=O)c2[nH]c(-c3cc(C)nn3C)nc2n(CCC)c1=O. The van der Waals surface area contributed by atoms with Crippen molar-refractivity contribution < 1.29 is 0 Å². The molecule has 0 fully saturated rings. The van der Waals surface area contributed by atoms with E-state index in [2.05, 4.69) is 15.1 Å². The van der Waals surface area contributed by atoms with Gasteiger partial charge in [0.05, 0.1) is 5.69 Å². The first kappa shape index (κ1) is 16.2. The van der Waals surface area contributed by atoms with Crippen LogP contribution < -0.4 is 11.2 Å². The Bertz CT molecular complexity index is 1000. The van der Waals surface area contributed by atoms with E-state index in [4.69, 9.17) is 0 Å². The fourth-order valence-electron chi connectivity index (χ4n) is 2.97. The van der Waals surface area contributed by atoms with Crippen LogP contribution >= 0.6 is 0 Å². The van der Waals surface area contributed by atoms with Gasteiger partial charge >= 0.3 is 5.69 Å². The predicted molar refractivity (Wildman–Crippen MR) is 92.1 cm³/mol. The quantitative estimate of drug-likeness (QED) is 0.766. The highest BCUT2D eigenvalue weighted by Gasteiger charge is 2.18. The summed E-state index contributed by atoms with van der Waals surface area (Å²) < 4.78 is 4.57. The maximum Gasteiger partial charge on any atom is 0.332 e. The molecule has 1 N–H and O–H groups in total. The third kappa shape index (κ3) is 2.47. The van der Waals surface area contributed by atoms with Crippen LogP contribution in [0.4, 0.5) is 0 Å². The molecule has 0 amide bonds. The van der Waals surface area contributed by atoms with Gasteiger partial charge in [0.25, 0.3) is 5.56 Å². The molecule has 3 aromatic rings. The van der Waals surface area contributed by atoms with E-state index in [1.54, 1.807) is 9.25 Å². The van der Waals surface area contributed by atoms with Gasteiger partial charge in [0.1, 0.15) is 11.2 Å². The Labute approximate surface area is 138 Å². The smallest absolute Gasteiger partial charge is 0.331 e. The lowest BCUT2D eigenvalue weighted by Gasteiger charge is -2.09. The number of hydrogen-bond acceptors (Lipinski definition) is 4. The standard InChI is InChI=1S/C16H22N6O2/c1-5-7-21-14-12(15(23)22(8-6-2)16(21)24)17-13(18-14)11-9-10(3)19-20(11)4/h9H,5-8H2,1-4H3,(H,17,18). The van der Waals surface area contributed by atoms with E-state index >= 15 is 0 Å². The summed E-state index contributed by atoms with van der Waals surface area (Å²) in [6, 6.07) is 1.89. The Morgan fingerprint density at radius 3 is 2.38 bits per heavy atom. The van der Waals surface area contributed by atoms with Crippen molar-refractivity contribution >= 4 is 11.2 Å². The van der Waals surface area contributed by atoms with Crippen molar-refractivity contribution in [3.8, 4) is 11.5 Å². The van der Waals surface area contributed by atoms with Crippen LogP contribution in [0.15, 0.2) is 15.7 Å². The number of aromatic nitrogens is 6. The average Bonchev–Trinajstić information content (AvgIpc) is 3.11. The van der Waals surface area contributed by atoms with Crippen molar-refractivity contribution in [3.63, 3.8) is 0 Å². The molecule has 0 bridgehead atoms. The Kier molecular flexibility index (Phi) is 4.13. The van der Waals surface area contributed by atoms with E-state index in [9.17, 15) is 9.59 Å². The minimum atomic E-state index is -0.318. The summed E-state index contributed by atoms with van der Waals surface area (Å²) in [5.74, 6) is 0.545. The maximum atomic E-state index is 12.7. The molecule has 0 unspecified atom stereocenters. The molecule has 128 valence electrons. The second-order valence-corrected chi connectivity index (χ2v) is 5.97. The molecule has 0 atom stereocenters. The molecule has 0 radical (unpaired) electrons. The molecule has 0 aliphatic carbocycles. The second kappa shape index (κ2) is 6.10. The summed E-state index contributed by atoms with van der Waals surface area (Å²) in [6.07, 6.45) is 1.50. The molecule has 0 spiro atoms. The van der Waals surface area contributed by atoms with Crippen LogP contribution in [0.2, 0.25) is 0 Å². The van der Waals surface area contributed by atoms with Crippen LogP contribution in [0.3, 0.4) is 0 Å². The van der Waals surface area contributed by atoms with E-state index in [0.29, 0.717) is 36.5 Å². The highest BCUT2D eigenvalue weighted by atomic mass is 16.2. The number of nitrogens with zero attached hydrogens (tertiary/aromatic N) is 5. The van der Waals surface area contributed by atoms with Crippen molar-refractivity contribution in [3.05, 3.63) is 32.6 Å². The van der Waals surface area contributed by atoms with Gasteiger partial charge in [0.15, 0.2) is 11.5 Å². The van der Waals surface area contributed by atoms with Crippen LogP contribution in [0.5, 0.6) is 0 Å². The van der Waals surface area contributed by atoms with Gasteiger partial charge in [-0.1, -0.05) is 13.8 Å². The number of fused-ring (bicyclic) bond motifs is 1. The summed E-state index contributed by atoms with van der Waals surface area (Å²) in [4.78, 5) is 33.0. The first-order chi connectivity index (χ1) is 11.5. The average molecular weight is 330 g/mol. The summed E-state index contributed by atoms with van der Waals surface area (Å²) in [6.45, 7) is 6.75. The van der Waals surface area contributed by atoms with Crippen molar-refractivity contribution in [1.82, 2.24) is 28.9 Å². The van der Waals surface area contributed by atoms with Crippen LogP contribution in [-0.4, -0.2) is 28.9 Å². The molecule has 0 aliphatic heterocycles. The van der Waals surface area contributed by atoms with Gasteiger partial charge in [-0.25, -0.2) is 9.78 Å². The summed E-state index contributed by atoms with van der Waals surface area (Å²) in [7, 11) is 1.82. The second-order valence-electron chi connectivity index (χ2n) is 5.97. The summed E-state index contributed by atoms with van der Waals surface area (Å²) >= 11 is 0. The van der Waals surface area contributed by atoms with Crippen LogP contribution in [-0.2, 0) is 20.1 Å². The zero-order valence-corrected chi connectivity index (χ0v) is 14.5. The molecular formula is C16H22N6O2. The lowest BCUT2D eigenvalue weighted by Crippen LogP contribution is -2.40. The monoisotopic (exact) mass is 330 g/mol. The topological polar surface area (TPSA) is 90.5 Å². The zero-order chi connectivity index (χ0) is 17.4. The number of aromatic amines is 1. The molecule has 3 rings (SSSR count). The third-order valence-corrected chi connectivity index (χ3v) is 4.00. The molecule has 24 heavy (non-hydrogen) atoms. The fourth-order valence-corrected chi connectivity index (χ4v) is 2.97. The van der Waals surface area contributed by atoms with Crippen molar-refractivity contribution in [1.29, 1.82) is 0 Å². The number of hydrogen-bond donors (Lipinski definition) is 1. The largest absolute Gasteiger partial charge is 0.332 e. The molecule has 3 aromatic heterocycles. The molecule has 8 nitrogen and oxygen atoms in total. The van der Waals surface area contributed by atoms with Gasteiger partial charge in [-0.05, 0) is 25.8 Å². The van der Waals surface area contributed by atoms with Gasteiger partial charge < -0.3 is 4.98 Å². The molecule has 0 aromatic carbocycles. The number of rotatable bonds is 5. The fraction of sp³-hybridized carbons (Fsp3) is 0.500. The number of aryl methyl sites for hydroxylation is 3. The van der Waals surface area contributed by atoms with Crippen LogP contribution in [0, 0.1) is 6.92 Å². The van der Waals surface area contributed by atoms with Gasteiger partial charge in [-0.2, -0.15) is 5.10 Å². The third-order valence-electron chi connectivity index (χ3n) is 4.00. The van der Waals surface area contributed by atoms with E-state index < -0.39 is 0 Å². The molecule has 0 saturated heterocycles. The lowest BCUT2D eigenvalue weighted by atomic mass is 10.3. The van der Waals surface area contributed by atoms with Gasteiger partial charge in [0, 0.05) is 20.1 Å². The molecule has 0 saturated carbocycles. The van der Waals surface area contributed by atoms with Crippen molar-refractivity contribution in [2.45, 2.75) is 46.7 Å². The molecular weight excluding hydrogens is 308 g/mol. The molecule has 0 aliphatic rings. The van der Waals surface area contributed by atoms with E-state index in [1.165, 1.54) is 4.57 Å². The van der Waals surface area contributed by atoms with Gasteiger partial charge in [-0.3, -0.25) is 18.6 Å².